The van der Waals surface area contributed by atoms with Gasteiger partial charge >= 0.3 is 0 Å². The van der Waals surface area contributed by atoms with Crippen LogP contribution in [0.1, 0.15) is 0 Å². The fourth-order valence-corrected chi connectivity index (χ4v) is 2.91. The van der Waals surface area contributed by atoms with Gasteiger partial charge in [0.15, 0.2) is 6.61 Å². The highest BCUT2D eigenvalue weighted by atomic mass is 32.2. The first-order chi connectivity index (χ1) is 10.5. The largest absolute Gasteiger partial charge is 0.482 e. The van der Waals surface area contributed by atoms with Gasteiger partial charge in [-0.1, -0.05) is 0 Å². The molecule has 0 atom stereocenters. The van der Waals surface area contributed by atoms with Crippen LogP contribution in [0.5, 0.6) is 5.75 Å². The first-order valence-electron chi connectivity index (χ1n) is 6.01. The molecule has 8 nitrogen and oxygen atoms in total. The van der Waals surface area contributed by atoms with Crippen LogP contribution in [0.2, 0.25) is 0 Å². The van der Waals surface area contributed by atoms with Gasteiger partial charge in [0.1, 0.15) is 28.6 Å². The summed E-state index contributed by atoms with van der Waals surface area (Å²) >= 11 is 0. The number of ether oxygens (including phenoxy) is 1. The standard InChI is InChI=1S/C12H9FN4O4S/c13-7-3-8-9(21-5-12(18)16-8)4-10(7)22(19,20)17-11-1-2-14-6-15-11/h1-4,6H,5H2,(H,16,18)(H,14,15,17). The number of nitrogens with zero attached hydrogens (tertiary/aromatic N) is 2. The quantitative estimate of drug-likeness (QED) is 0.862. The number of aromatic nitrogens is 2. The molecule has 0 spiro atoms. The van der Waals surface area contributed by atoms with Crippen molar-refractivity contribution in [1.82, 2.24) is 9.97 Å². The summed E-state index contributed by atoms with van der Waals surface area (Å²) in [5, 5.41) is 2.39. The summed E-state index contributed by atoms with van der Waals surface area (Å²) in [4.78, 5) is 17.9. The van der Waals surface area contributed by atoms with Crippen molar-refractivity contribution in [2.75, 3.05) is 16.6 Å². The Bertz CT molecular complexity index is 842. The zero-order valence-electron chi connectivity index (χ0n) is 10.9. The predicted octanol–water partition coefficient (Wildman–Crippen LogP) is 0.747. The summed E-state index contributed by atoms with van der Waals surface area (Å²) in [7, 11) is -4.20. The lowest BCUT2D eigenvalue weighted by Crippen LogP contribution is -2.26. The average Bonchev–Trinajstić information content (AvgIpc) is 2.46. The Labute approximate surface area is 124 Å². The topological polar surface area (TPSA) is 110 Å². The van der Waals surface area contributed by atoms with E-state index in [9.17, 15) is 17.6 Å². The van der Waals surface area contributed by atoms with Crippen molar-refractivity contribution in [2.45, 2.75) is 4.90 Å². The van der Waals surface area contributed by atoms with Crippen molar-refractivity contribution in [1.29, 1.82) is 0 Å². The fourth-order valence-electron chi connectivity index (χ4n) is 1.83. The van der Waals surface area contributed by atoms with Crippen molar-refractivity contribution in [3.8, 4) is 5.75 Å². The van der Waals surface area contributed by atoms with E-state index >= 15 is 0 Å². The maximum Gasteiger partial charge on any atom is 0.266 e. The Morgan fingerprint density at radius 1 is 1.36 bits per heavy atom. The van der Waals surface area contributed by atoms with Gasteiger partial charge in [-0.25, -0.2) is 22.8 Å². The van der Waals surface area contributed by atoms with E-state index in [4.69, 9.17) is 4.74 Å². The molecule has 0 unspecified atom stereocenters. The third kappa shape index (κ3) is 2.68. The molecule has 2 N–H and O–H groups in total. The number of carbonyl (C=O) groups excluding carboxylic acids is 1. The number of hydrogen-bond acceptors (Lipinski definition) is 6. The zero-order chi connectivity index (χ0) is 15.7. The molecule has 0 radical (unpaired) electrons. The van der Waals surface area contributed by atoms with E-state index in [0.717, 1.165) is 18.5 Å². The minimum atomic E-state index is -4.20. The third-order valence-corrected chi connectivity index (χ3v) is 4.15. The lowest BCUT2D eigenvalue weighted by molar-refractivity contribution is -0.118. The SMILES string of the molecule is O=C1COc2cc(S(=O)(=O)Nc3ccncn3)c(F)cc2N1. The van der Waals surface area contributed by atoms with E-state index in [1.54, 1.807) is 0 Å². The van der Waals surface area contributed by atoms with E-state index in [-0.39, 0.29) is 23.9 Å². The van der Waals surface area contributed by atoms with Crippen LogP contribution in [0.4, 0.5) is 15.9 Å². The molecule has 2 aromatic rings. The lowest BCUT2D eigenvalue weighted by atomic mass is 10.2. The Morgan fingerprint density at radius 2 is 2.18 bits per heavy atom. The Kier molecular flexibility index (Phi) is 3.37. The molecule has 0 bridgehead atoms. The number of hydrogen-bond donors (Lipinski definition) is 2. The number of fused-ring (bicyclic) bond motifs is 1. The van der Waals surface area contributed by atoms with Crippen LogP contribution in [0.25, 0.3) is 0 Å². The second-order valence-corrected chi connectivity index (χ2v) is 5.97. The summed E-state index contributed by atoms with van der Waals surface area (Å²) in [6, 6.07) is 3.22. The van der Waals surface area contributed by atoms with Gasteiger partial charge < -0.3 is 10.1 Å². The Balaban J connectivity index is 1.99. The first-order valence-corrected chi connectivity index (χ1v) is 7.49. The van der Waals surface area contributed by atoms with Gasteiger partial charge in [0.25, 0.3) is 15.9 Å². The van der Waals surface area contributed by atoms with E-state index in [2.05, 4.69) is 20.0 Å². The average molecular weight is 324 g/mol. The Morgan fingerprint density at radius 3 is 2.91 bits per heavy atom. The zero-order valence-corrected chi connectivity index (χ0v) is 11.7. The smallest absolute Gasteiger partial charge is 0.266 e. The number of benzene rings is 1. The minimum Gasteiger partial charge on any atom is -0.482 e. The maximum absolute atomic E-state index is 14.0. The number of nitrogens with one attached hydrogen (secondary N) is 2. The van der Waals surface area contributed by atoms with Crippen LogP contribution in [0.15, 0.2) is 35.6 Å². The summed E-state index contributed by atoms with van der Waals surface area (Å²) in [5.41, 5.74) is 0.0785. The molecule has 114 valence electrons. The monoisotopic (exact) mass is 324 g/mol. The highest BCUT2D eigenvalue weighted by Crippen LogP contribution is 2.32. The molecule has 3 rings (SSSR count). The van der Waals surface area contributed by atoms with Gasteiger partial charge in [0.05, 0.1) is 5.69 Å². The maximum atomic E-state index is 14.0. The van der Waals surface area contributed by atoms with Crippen molar-refractivity contribution in [3.63, 3.8) is 0 Å². The molecule has 1 aliphatic rings. The highest BCUT2D eigenvalue weighted by molar-refractivity contribution is 7.92. The third-order valence-electron chi connectivity index (χ3n) is 2.78. The molecule has 0 saturated carbocycles. The predicted molar refractivity (Wildman–Crippen MR) is 73.4 cm³/mol. The molecular weight excluding hydrogens is 315 g/mol. The molecule has 1 aromatic carbocycles. The molecule has 1 amide bonds. The van der Waals surface area contributed by atoms with Gasteiger partial charge in [-0.2, -0.15) is 0 Å². The lowest BCUT2D eigenvalue weighted by Gasteiger charge is -2.19. The molecule has 22 heavy (non-hydrogen) atoms. The van der Waals surface area contributed by atoms with Gasteiger partial charge in [0, 0.05) is 18.3 Å². The number of sulfonamides is 1. The van der Waals surface area contributed by atoms with Crippen molar-refractivity contribution >= 4 is 27.4 Å². The Hall–Kier alpha value is -2.75. The summed E-state index contributed by atoms with van der Waals surface area (Å²) in [6.45, 7) is -0.266. The van der Waals surface area contributed by atoms with E-state index in [1.807, 2.05) is 0 Å². The summed E-state index contributed by atoms with van der Waals surface area (Å²) < 4.78 is 45.7. The van der Waals surface area contributed by atoms with Gasteiger partial charge in [-0.3, -0.25) is 9.52 Å². The van der Waals surface area contributed by atoms with E-state index in [1.165, 1.54) is 12.3 Å². The molecule has 0 saturated heterocycles. The van der Waals surface area contributed by atoms with Crippen molar-refractivity contribution < 1.29 is 22.3 Å². The second-order valence-electron chi connectivity index (χ2n) is 4.32. The van der Waals surface area contributed by atoms with Crippen LogP contribution in [-0.4, -0.2) is 30.9 Å². The van der Waals surface area contributed by atoms with E-state index in [0.29, 0.717) is 0 Å². The summed E-state index contributed by atoms with van der Waals surface area (Å²) in [5.74, 6) is -1.39. The van der Waals surface area contributed by atoms with Gasteiger partial charge in [-0.05, 0) is 6.07 Å². The second kappa shape index (κ2) is 5.22. The molecule has 1 aromatic heterocycles. The van der Waals surface area contributed by atoms with Crippen molar-refractivity contribution in [3.05, 3.63) is 36.5 Å². The van der Waals surface area contributed by atoms with E-state index < -0.39 is 26.6 Å². The highest BCUT2D eigenvalue weighted by Gasteiger charge is 2.25. The number of halogens is 1. The molecule has 1 aliphatic heterocycles. The van der Waals surface area contributed by atoms with Crippen LogP contribution < -0.4 is 14.8 Å². The first kappa shape index (κ1) is 14.2. The number of anilines is 2. The molecule has 0 aliphatic carbocycles. The van der Waals surface area contributed by atoms with Crippen molar-refractivity contribution in [2.24, 2.45) is 0 Å². The number of rotatable bonds is 3. The summed E-state index contributed by atoms with van der Waals surface area (Å²) in [6.07, 6.45) is 2.49. The molecule has 2 heterocycles. The van der Waals surface area contributed by atoms with Crippen LogP contribution in [0, 0.1) is 5.82 Å². The van der Waals surface area contributed by atoms with Crippen LogP contribution >= 0.6 is 0 Å². The molecule has 0 fully saturated rings. The molecular formula is C12H9FN4O4S. The normalized spacial score (nSPS) is 13.8. The van der Waals surface area contributed by atoms with Crippen LogP contribution in [-0.2, 0) is 14.8 Å². The molecule has 10 heteroatoms. The fraction of sp³-hybridized carbons (Fsp3) is 0.0833. The van der Waals surface area contributed by atoms with Gasteiger partial charge in [-0.15, -0.1) is 0 Å². The number of amides is 1. The number of carbonyl (C=O) groups is 1. The minimum absolute atomic E-state index is 0.00124. The van der Waals surface area contributed by atoms with Crippen LogP contribution in [0.3, 0.4) is 0 Å². The van der Waals surface area contributed by atoms with Gasteiger partial charge in [0.2, 0.25) is 0 Å².